The van der Waals surface area contributed by atoms with E-state index in [0.717, 1.165) is 14.8 Å². The summed E-state index contributed by atoms with van der Waals surface area (Å²) in [6.07, 6.45) is 0. The van der Waals surface area contributed by atoms with Gasteiger partial charge in [0, 0.05) is 9.06 Å². The molecule has 0 bridgehead atoms. The third kappa shape index (κ3) is 1.26. The van der Waals surface area contributed by atoms with Crippen LogP contribution in [0.4, 0.5) is 0 Å². The molecule has 1 aromatic heterocycles. The van der Waals surface area contributed by atoms with Crippen LogP contribution in [0.2, 0.25) is 0 Å². The van der Waals surface area contributed by atoms with Crippen LogP contribution in [0, 0.1) is 6.57 Å². The minimum Gasteiger partial charge on any atom is -0.241 e. The summed E-state index contributed by atoms with van der Waals surface area (Å²) in [4.78, 5) is 3.32. The van der Waals surface area contributed by atoms with E-state index in [4.69, 9.17) is 6.57 Å². The first-order chi connectivity index (χ1) is 4.74. The summed E-state index contributed by atoms with van der Waals surface area (Å²) in [6.45, 7) is 12.3. The molecule has 0 saturated heterocycles. The third-order valence-electron chi connectivity index (χ3n) is 1.19. The van der Waals surface area contributed by atoms with Crippen molar-refractivity contribution in [3.8, 4) is 0 Å². The van der Waals surface area contributed by atoms with E-state index in [2.05, 4.69) is 11.4 Å². The Morgan fingerprint density at radius 2 is 2.40 bits per heavy atom. The standard InChI is InChI=1S/C8H7NS/c1-6-4-5-8(10-6)7(2)9-3/h4-5H,1H2,2H3/b8-7+. The van der Waals surface area contributed by atoms with Crippen LogP contribution < -0.4 is 9.06 Å². The van der Waals surface area contributed by atoms with E-state index in [1.807, 2.05) is 19.1 Å². The maximum absolute atomic E-state index is 6.73. The second kappa shape index (κ2) is 2.68. The Morgan fingerprint density at radius 1 is 1.70 bits per heavy atom. The van der Waals surface area contributed by atoms with Crippen LogP contribution in [-0.2, 0) is 0 Å². The van der Waals surface area contributed by atoms with Gasteiger partial charge in [0.1, 0.15) is 0 Å². The molecule has 0 aromatic carbocycles. The molecular weight excluding hydrogens is 142 g/mol. The fraction of sp³-hybridized carbons (Fsp3) is 0.125. The van der Waals surface area contributed by atoms with E-state index in [1.165, 1.54) is 0 Å². The fourth-order valence-corrected chi connectivity index (χ4v) is 1.38. The quantitative estimate of drug-likeness (QED) is 0.488. The maximum atomic E-state index is 6.73. The van der Waals surface area contributed by atoms with Gasteiger partial charge in [-0.3, -0.25) is 0 Å². The molecule has 50 valence electrons. The van der Waals surface area contributed by atoms with Crippen LogP contribution in [0.15, 0.2) is 12.1 Å². The number of rotatable bonds is 0. The molecule has 0 unspecified atom stereocenters. The SMILES string of the molecule is [C-]#[N+]/C(C)=c1\ccc(=C)s1. The van der Waals surface area contributed by atoms with Crippen LogP contribution in [0.3, 0.4) is 0 Å². The lowest BCUT2D eigenvalue weighted by atomic mass is 10.5. The molecule has 0 aliphatic heterocycles. The van der Waals surface area contributed by atoms with Crippen LogP contribution in [-0.4, -0.2) is 0 Å². The van der Waals surface area contributed by atoms with Gasteiger partial charge in [-0.25, -0.2) is 4.85 Å². The summed E-state index contributed by atoms with van der Waals surface area (Å²) in [5.41, 5.74) is 0.750. The van der Waals surface area contributed by atoms with Crippen LogP contribution in [0.1, 0.15) is 6.92 Å². The van der Waals surface area contributed by atoms with Gasteiger partial charge in [0.05, 0.1) is 6.57 Å². The van der Waals surface area contributed by atoms with Gasteiger partial charge in [-0.1, -0.05) is 12.6 Å². The zero-order valence-corrected chi connectivity index (χ0v) is 6.53. The Hall–Kier alpha value is -1.07. The smallest absolute Gasteiger partial charge is 0.179 e. The summed E-state index contributed by atoms with van der Waals surface area (Å²) >= 11 is 1.56. The highest BCUT2D eigenvalue weighted by molar-refractivity contribution is 7.07. The molecule has 0 saturated carbocycles. The van der Waals surface area contributed by atoms with Crippen molar-refractivity contribution in [1.82, 2.24) is 0 Å². The summed E-state index contributed by atoms with van der Waals surface area (Å²) in [7, 11) is 0. The molecule has 1 heterocycles. The average molecular weight is 149 g/mol. The molecule has 0 radical (unpaired) electrons. The van der Waals surface area contributed by atoms with Gasteiger partial charge in [0.15, 0.2) is 5.70 Å². The summed E-state index contributed by atoms with van der Waals surface area (Å²) in [5.74, 6) is 0. The van der Waals surface area contributed by atoms with Crippen LogP contribution in [0.5, 0.6) is 0 Å². The molecule has 1 rings (SSSR count). The minimum absolute atomic E-state index is 0.750. The minimum atomic E-state index is 0.750. The molecule has 0 atom stereocenters. The Bertz CT molecular complexity index is 367. The zero-order chi connectivity index (χ0) is 7.56. The summed E-state index contributed by atoms with van der Waals surface area (Å²) in [6, 6.07) is 3.86. The highest BCUT2D eigenvalue weighted by atomic mass is 32.1. The van der Waals surface area contributed by atoms with Crippen LogP contribution >= 0.6 is 11.3 Å². The summed E-state index contributed by atoms with van der Waals surface area (Å²) < 4.78 is 2.04. The van der Waals surface area contributed by atoms with E-state index >= 15 is 0 Å². The summed E-state index contributed by atoms with van der Waals surface area (Å²) in [5, 5.41) is 0. The lowest BCUT2D eigenvalue weighted by molar-refractivity contribution is 1.70. The molecule has 0 spiro atoms. The normalized spacial score (nSPS) is 12.4. The third-order valence-corrected chi connectivity index (χ3v) is 2.24. The van der Waals surface area contributed by atoms with Gasteiger partial charge in [0.25, 0.3) is 0 Å². The predicted octanol–water partition coefficient (Wildman–Crippen LogP) is 1.21. The molecular formula is C8H7NS. The largest absolute Gasteiger partial charge is 0.241 e. The molecule has 1 nitrogen and oxygen atoms in total. The van der Waals surface area contributed by atoms with Crippen molar-refractivity contribution >= 4 is 23.6 Å². The highest BCUT2D eigenvalue weighted by Crippen LogP contribution is 1.91. The Morgan fingerprint density at radius 3 is 2.80 bits per heavy atom. The average Bonchev–Trinajstić information content (AvgIpc) is 2.34. The monoisotopic (exact) mass is 149 g/mol. The molecule has 0 fully saturated rings. The van der Waals surface area contributed by atoms with Gasteiger partial charge >= 0.3 is 0 Å². The Labute approximate surface area is 63.8 Å². The fourth-order valence-electron chi connectivity index (χ4n) is 0.627. The molecule has 0 amide bonds. The van der Waals surface area contributed by atoms with Gasteiger partial charge in [-0.2, -0.15) is 0 Å². The molecule has 2 heteroatoms. The number of hydrogen-bond acceptors (Lipinski definition) is 1. The van der Waals surface area contributed by atoms with Crippen LogP contribution in [0.25, 0.3) is 17.1 Å². The first-order valence-electron chi connectivity index (χ1n) is 2.87. The van der Waals surface area contributed by atoms with Crippen molar-refractivity contribution in [3.05, 3.63) is 32.6 Å². The number of thiophene rings is 1. The molecule has 0 N–H and O–H groups in total. The van der Waals surface area contributed by atoms with Gasteiger partial charge < -0.3 is 0 Å². The van der Waals surface area contributed by atoms with Crippen molar-refractivity contribution in [2.45, 2.75) is 6.92 Å². The molecule has 0 aliphatic carbocycles. The van der Waals surface area contributed by atoms with Gasteiger partial charge in [0.2, 0.25) is 0 Å². The van der Waals surface area contributed by atoms with E-state index < -0.39 is 0 Å². The topological polar surface area (TPSA) is 4.36 Å². The van der Waals surface area contributed by atoms with E-state index in [-0.39, 0.29) is 0 Å². The second-order valence-corrected chi connectivity index (χ2v) is 3.13. The van der Waals surface area contributed by atoms with Crippen molar-refractivity contribution in [3.63, 3.8) is 0 Å². The van der Waals surface area contributed by atoms with E-state index in [9.17, 15) is 0 Å². The first kappa shape index (κ1) is 7.04. The molecule has 0 aliphatic rings. The van der Waals surface area contributed by atoms with Crippen molar-refractivity contribution in [2.75, 3.05) is 0 Å². The lowest BCUT2D eigenvalue weighted by Crippen LogP contribution is -1.92. The number of nitrogens with zero attached hydrogens (tertiary/aromatic N) is 1. The molecule has 10 heavy (non-hydrogen) atoms. The Balaban J connectivity index is 3.46. The van der Waals surface area contributed by atoms with Crippen molar-refractivity contribution < 1.29 is 0 Å². The second-order valence-electron chi connectivity index (χ2n) is 1.96. The van der Waals surface area contributed by atoms with Gasteiger partial charge in [-0.15, -0.1) is 11.3 Å². The number of hydrogen-bond donors (Lipinski definition) is 0. The zero-order valence-electron chi connectivity index (χ0n) is 5.72. The van der Waals surface area contributed by atoms with Crippen molar-refractivity contribution in [1.29, 1.82) is 0 Å². The van der Waals surface area contributed by atoms with Crippen molar-refractivity contribution in [2.24, 2.45) is 0 Å². The Kier molecular flexibility index (Phi) is 1.88. The highest BCUT2D eigenvalue weighted by Gasteiger charge is 1.87. The predicted molar refractivity (Wildman–Crippen MR) is 44.8 cm³/mol. The first-order valence-corrected chi connectivity index (χ1v) is 3.69. The van der Waals surface area contributed by atoms with Gasteiger partial charge in [-0.05, 0) is 13.0 Å². The molecule has 1 aromatic rings. The van der Waals surface area contributed by atoms with E-state index in [1.54, 1.807) is 11.3 Å². The van der Waals surface area contributed by atoms with E-state index in [0.29, 0.717) is 0 Å². The maximum Gasteiger partial charge on any atom is 0.179 e. The lowest BCUT2D eigenvalue weighted by Gasteiger charge is -1.76.